The Labute approximate surface area is 162 Å². The third-order valence-corrected chi connectivity index (χ3v) is 5.08. The van der Waals surface area contributed by atoms with E-state index in [1.807, 2.05) is 12.1 Å². The van der Waals surface area contributed by atoms with E-state index in [0.717, 1.165) is 6.42 Å². The fourth-order valence-corrected chi connectivity index (χ4v) is 3.58. The first-order chi connectivity index (χ1) is 13.5. The minimum atomic E-state index is -0.907. The highest BCUT2D eigenvalue weighted by Crippen LogP contribution is 2.26. The molecule has 0 unspecified atom stereocenters. The minimum Gasteiger partial charge on any atom is -0.481 e. The first kappa shape index (κ1) is 19.8. The summed E-state index contributed by atoms with van der Waals surface area (Å²) in [7, 11) is 0. The quantitative estimate of drug-likeness (QED) is 0.521. The molecule has 150 valence electrons. The zero-order valence-electron chi connectivity index (χ0n) is 15.5. The Morgan fingerprint density at radius 2 is 2.14 bits per heavy atom. The van der Waals surface area contributed by atoms with E-state index < -0.39 is 29.9 Å². The molecular weight excluding hydrogens is 362 g/mol. The first-order valence-corrected chi connectivity index (χ1v) is 9.47. The van der Waals surface area contributed by atoms with Crippen LogP contribution in [-0.2, 0) is 9.59 Å². The average molecular weight is 387 g/mol. The average Bonchev–Trinajstić information content (AvgIpc) is 3.31. The standard InChI is InChI=1S/C19H25N5O4/c20-9-4-7-14(17(25)22-13-6-3-5-12(13)19(27)28)23-18(26)15-11-24-10-2-1-8-16(24)21-15/h1-2,8,10-14H,3-7,9,20H2,(H,22,25)(H,23,26)(H,27,28)/t12-,13+,14+/m1/s1. The molecule has 0 bridgehead atoms. The number of nitrogens with one attached hydrogen (secondary N) is 2. The monoisotopic (exact) mass is 387 g/mol. The van der Waals surface area contributed by atoms with Crippen molar-refractivity contribution in [3.05, 3.63) is 36.3 Å². The Bertz CT molecular complexity index is 832. The molecule has 0 spiro atoms. The lowest BCUT2D eigenvalue weighted by molar-refractivity contribution is -0.142. The summed E-state index contributed by atoms with van der Waals surface area (Å²) in [5.41, 5.74) is 6.40. The van der Waals surface area contributed by atoms with Crippen LogP contribution in [0.25, 0.3) is 5.65 Å². The smallest absolute Gasteiger partial charge is 0.308 e. The second-order valence-electron chi connectivity index (χ2n) is 7.04. The lowest BCUT2D eigenvalue weighted by Crippen LogP contribution is -2.51. The maximum Gasteiger partial charge on any atom is 0.308 e. The topological polar surface area (TPSA) is 139 Å². The van der Waals surface area contributed by atoms with Crippen molar-refractivity contribution in [3.63, 3.8) is 0 Å². The van der Waals surface area contributed by atoms with Crippen LogP contribution in [-0.4, -0.2) is 50.9 Å². The van der Waals surface area contributed by atoms with Crippen LogP contribution in [0.5, 0.6) is 0 Å². The predicted molar refractivity (Wildman–Crippen MR) is 102 cm³/mol. The number of nitrogens with zero attached hydrogens (tertiary/aromatic N) is 2. The molecule has 9 heteroatoms. The summed E-state index contributed by atoms with van der Waals surface area (Å²) in [6.07, 6.45) is 6.21. The summed E-state index contributed by atoms with van der Waals surface area (Å²) in [6, 6.07) is 4.21. The van der Waals surface area contributed by atoms with Gasteiger partial charge in [0.1, 0.15) is 17.4 Å². The molecule has 9 nitrogen and oxygen atoms in total. The van der Waals surface area contributed by atoms with Gasteiger partial charge < -0.3 is 25.9 Å². The molecule has 5 N–H and O–H groups in total. The van der Waals surface area contributed by atoms with E-state index in [9.17, 15) is 19.5 Å². The van der Waals surface area contributed by atoms with Gasteiger partial charge in [0.2, 0.25) is 5.91 Å². The Kier molecular flexibility index (Phi) is 6.25. The largest absolute Gasteiger partial charge is 0.481 e. The van der Waals surface area contributed by atoms with E-state index in [1.165, 1.54) is 0 Å². The van der Waals surface area contributed by atoms with Crippen LogP contribution in [0.3, 0.4) is 0 Å². The van der Waals surface area contributed by atoms with Crippen LogP contribution in [0, 0.1) is 5.92 Å². The summed E-state index contributed by atoms with van der Waals surface area (Å²) in [4.78, 5) is 40.9. The third-order valence-electron chi connectivity index (χ3n) is 5.08. The van der Waals surface area contributed by atoms with E-state index in [4.69, 9.17) is 5.73 Å². The fraction of sp³-hybridized carbons (Fsp3) is 0.474. The Morgan fingerprint density at radius 3 is 2.86 bits per heavy atom. The molecular formula is C19H25N5O4. The molecule has 1 saturated carbocycles. The third kappa shape index (κ3) is 4.48. The number of imidazole rings is 1. The molecule has 0 saturated heterocycles. The Morgan fingerprint density at radius 1 is 1.32 bits per heavy atom. The lowest BCUT2D eigenvalue weighted by Gasteiger charge is -2.23. The second kappa shape index (κ2) is 8.83. The van der Waals surface area contributed by atoms with Gasteiger partial charge in [0.15, 0.2) is 0 Å². The number of pyridine rings is 1. The van der Waals surface area contributed by atoms with Crippen LogP contribution in [0.15, 0.2) is 30.6 Å². The summed E-state index contributed by atoms with van der Waals surface area (Å²) in [5, 5.41) is 14.8. The van der Waals surface area contributed by atoms with Crippen molar-refractivity contribution in [1.29, 1.82) is 0 Å². The van der Waals surface area contributed by atoms with Crippen LogP contribution in [0.1, 0.15) is 42.6 Å². The number of aliphatic carboxylic acids is 1. The van der Waals surface area contributed by atoms with Crippen LogP contribution in [0.2, 0.25) is 0 Å². The van der Waals surface area contributed by atoms with Gasteiger partial charge in [-0.1, -0.05) is 12.5 Å². The van der Waals surface area contributed by atoms with Gasteiger partial charge in [0, 0.05) is 18.4 Å². The van der Waals surface area contributed by atoms with Gasteiger partial charge in [-0.2, -0.15) is 0 Å². The van der Waals surface area contributed by atoms with Crippen LogP contribution in [0.4, 0.5) is 0 Å². The number of fused-ring (bicyclic) bond motifs is 1. The molecule has 28 heavy (non-hydrogen) atoms. The zero-order valence-corrected chi connectivity index (χ0v) is 15.5. The molecule has 0 radical (unpaired) electrons. The van der Waals surface area contributed by atoms with Crippen molar-refractivity contribution in [2.75, 3.05) is 6.54 Å². The molecule has 3 atom stereocenters. The van der Waals surface area contributed by atoms with Crippen molar-refractivity contribution >= 4 is 23.4 Å². The van der Waals surface area contributed by atoms with Crippen LogP contribution < -0.4 is 16.4 Å². The molecule has 2 aromatic rings. The number of carbonyl (C=O) groups excluding carboxylic acids is 2. The van der Waals surface area contributed by atoms with Gasteiger partial charge in [-0.25, -0.2) is 4.98 Å². The number of carboxylic acid groups (broad SMARTS) is 1. The molecule has 2 heterocycles. The highest BCUT2D eigenvalue weighted by atomic mass is 16.4. The molecule has 1 aliphatic carbocycles. The van der Waals surface area contributed by atoms with E-state index in [0.29, 0.717) is 37.9 Å². The molecule has 1 aliphatic rings. The Balaban J connectivity index is 1.69. The molecule has 0 aromatic carbocycles. The van der Waals surface area contributed by atoms with E-state index in [2.05, 4.69) is 15.6 Å². The maximum absolute atomic E-state index is 12.7. The summed E-state index contributed by atoms with van der Waals surface area (Å²) >= 11 is 0. The fourth-order valence-electron chi connectivity index (χ4n) is 3.58. The van der Waals surface area contributed by atoms with Gasteiger partial charge in [0.25, 0.3) is 5.91 Å². The predicted octanol–water partition coefficient (Wildman–Crippen LogP) is 0.541. The van der Waals surface area contributed by atoms with Gasteiger partial charge >= 0.3 is 5.97 Å². The van der Waals surface area contributed by atoms with E-state index in [1.54, 1.807) is 22.9 Å². The second-order valence-corrected chi connectivity index (χ2v) is 7.04. The van der Waals surface area contributed by atoms with Crippen molar-refractivity contribution in [3.8, 4) is 0 Å². The van der Waals surface area contributed by atoms with Gasteiger partial charge in [-0.05, 0) is 44.4 Å². The van der Waals surface area contributed by atoms with Gasteiger partial charge in [0.05, 0.1) is 5.92 Å². The number of aromatic nitrogens is 2. The summed E-state index contributed by atoms with van der Waals surface area (Å²) in [6.45, 7) is 0.384. The minimum absolute atomic E-state index is 0.209. The van der Waals surface area contributed by atoms with Crippen molar-refractivity contribution in [2.45, 2.75) is 44.2 Å². The first-order valence-electron chi connectivity index (χ1n) is 9.47. The zero-order chi connectivity index (χ0) is 20.1. The molecule has 2 amide bonds. The molecule has 2 aromatic heterocycles. The normalized spacial score (nSPS) is 20.0. The molecule has 3 rings (SSSR count). The number of amides is 2. The van der Waals surface area contributed by atoms with E-state index in [-0.39, 0.29) is 11.6 Å². The maximum atomic E-state index is 12.7. The van der Waals surface area contributed by atoms with Gasteiger partial charge in [-0.3, -0.25) is 14.4 Å². The SMILES string of the molecule is NCCC[C@H](NC(=O)c1cn2ccccc2n1)C(=O)N[C@H]1CCC[C@H]1C(=O)O. The van der Waals surface area contributed by atoms with Crippen molar-refractivity contribution < 1.29 is 19.5 Å². The lowest BCUT2D eigenvalue weighted by atomic mass is 10.0. The van der Waals surface area contributed by atoms with Crippen molar-refractivity contribution in [1.82, 2.24) is 20.0 Å². The highest BCUT2D eigenvalue weighted by Gasteiger charge is 2.35. The summed E-state index contributed by atoms with van der Waals surface area (Å²) < 4.78 is 1.72. The number of hydrogen-bond donors (Lipinski definition) is 4. The van der Waals surface area contributed by atoms with Crippen molar-refractivity contribution in [2.24, 2.45) is 11.7 Å². The van der Waals surface area contributed by atoms with Crippen LogP contribution >= 0.6 is 0 Å². The number of carboxylic acids is 1. The highest BCUT2D eigenvalue weighted by molar-refractivity contribution is 5.96. The van der Waals surface area contributed by atoms with Gasteiger partial charge in [-0.15, -0.1) is 0 Å². The number of carbonyl (C=O) groups is 3. The van der Waals surface area contributed by atoms with E-state index >= 15 is 0 Å². The number of hydrogen-bond acceptors (Lipinski definition) is 5. The number of nitrogens with two attached hydrogens (primary N) is 1. The Hall–Kier alpha value is -2.94. The molecule has 1 fully saturated rings. The molecule has 0 aliphatic heterocycles. The number of rotatable bonds is 8. The summed E-state index contributed by atoms with van der Waals surface area (Å²) in [5.74, 6) is -2.34.